The van der Waals surface area contributed by atoms with Crippen LogP contribution in [0.1, 0.15) is 12.8 Å². The molecule has 0 aromatic heterocycles. The van der Waals surface area contributed by atoms with Crippen molar-refractivity contribution in [3.8, 4) is 0 Å². The minimum Gasteiger partial charge on any atom is -0.402 e. The zero-order chi connectivity index (χ0) is 14.9. The van der Waals surface area contributed by atoms with E-state index in [9.17, 15) is 18.0 Å². The Hall–Kier alpha value is -1.64. The zero-order valence-electron chi connectivity index (χ0n) is 10.6. The highest BCUT2D eigenvalue weighted by Crippen LogP contribution is 2.33. The number of carbonyl (C=O) groups excluding carboxylic acids is 1. The van der Waals surface area contributed by atoms with Crippen LogP contribution in [0.4, 0.5) is 13.2 Å². The number of allylic oxidation sites excluding steroid dienone is 3. The third kappa shape index (κ3) is 3.27. The molecule has 1 heterocycles. The maximum absolute atomic E-state index is 12.5. The van der Waals surface area contributed by atoms with Gasteiger partial charge < -0.3 is 11.1 Å². The summed E-state index contributed by atoms with van der Waals surface area (Å²) in [6, 6.07) is 0. The largest absolute Gasteiger partial charge is 0.441 e. The number of rotatable bonds is 2. The van der Waals surface area contributed by atoms with Crippen LogP contribution in [-0.2, 0) is 4.79 Å². The maximum Gasteiger partial charge on any atom is 0.441 e. The maximum atomic E-state index is 12.5. The van der Waals surface area contributed by atoms with E-state index in [-0.39, 0.29) is 0 Å². The van der Waals surface area contributed by atoms with Crippen LogP contribution in [0.5, 0.6) is 0 Å². The summed E-state index contributed by atoms with van der Waals surface area (Å²) in [6.45, 7) is 0. The molecule has 2 aliphatic rings. The molecule has 110 valence electrons. The van der Waals surface area contributed by atoms with Crippen molar-refractivity contribution in [2.75, 3.05) is 7.05 Å². The summed E-state index contributed by atoms with van der Waals surface area (Å²) in [4.78, 5) is 11.9. The van der Waals surface area contributed by atoms with E-state index in [0.717, 1.165) is 5.01 Å². The number of hydrazone groups is 1. The Morgan fingerprint density at radius 3 is 2.70 bits per heavy atom. The van der Waals surface area contributed by atoms with Gasteiger partial charge in [0.2, 0.25) is 11.0 Å². The molecule has 1 amide bonds. The van der Waals surface area contributed by atoms with Gasteiger partial charge in [0.25, 0.3) is 0 Å². The molecule has 9 heteroatoms. The summed E-state index contributed by atoms with van der Waals surface area (Å²) in [5.74, 6) is -0.406. The van der Waals surface area contributed by atoms with Crippen LogP contribution in [0.3, 0.4) is 0 Å². The number of nitrogens with two attached hydrogens (primary N) is 1. The summed E-state index contributed by atoms with van der Waals surface area (Å²) in [6.07, 6.45) is -0.250. The quantitative estimate of drug-likeness (QED) is 0.811. The van der Waals surface area contributed by atoms with E-state index in [0.29, 0.717) is 35.9 Å². The second kappa shape index (κ2) is 5.39. The number of halogens is 3. The molecule has 5 nitrogen and oxygen atoms in total. The molecule has 0 aromatic rings. The first kappa shape index (κ1) is 14.8. The molecule has 0 saturated carbocycles. The van der Waals surface area contributed by atoms with Gasteiger partial charge in [-0.2, -0.15) is 18.3 Å². The van der Waals surface area contributed by atoms with Gasteiger partial charge in [0, 0.05) is 18.3 Å². The second-order valence-corrected chi connectivity index (χ2v) is 5.42. The lowest BCUT2D eigenvalue weighted by Crippen LogP contribution is -2.40. The van der Waals surface area contributed by atoms with Crippen LogP contribution in [0, 0.1) is 0 Å². The van der Waals surface area contributed by atoms with E-state index in [1.54, 1.807) is 12.2 Å². The summed E-state index contributed by atoms with van der Waals surface area (Å²) in [5.41, 5.74) is 5.89. The predicted octanol–water partition coefficient (Wildman–Crippen LogP) is 1.50. The van der Waals surface area contributed by atoms with E-state index in [2.05, 4.69) is 10.4 Å². The second-order valence-electron chi connectivity index (χ2n) is 4.35. The van der Waals surface area contributed by atoms with E-state index < -0.39 is 22.6 Å². The number of thioether (sulfide) groups is 1. The Bertz CT molecular complexity index is 512. The smallest absolute Gasteiger partial charge is 0.402 e. The molecule has 1 unspecified atom stereocenters. The van der Waals surface area contributed by atoms with Crippen LogP contribution in [0.15, 0.2) is 28.5 Å². The van der Waals surface area contributed by atoms with Gasteiger partial charge in [-0.3, -0.25) is 9.80 Å². The normalized spacial score (nSPS) is 23.1. The van der Waals surface area contributed by atoms with Gasteiger partial charge in [0.05, 0.1) is 0 Å². The topological polar surface area (TPSA) is 70.7 Å². The van der Waals surface area contributed by atoms with Crippen molar-refractivity contribution in [3.05, 3.63) is 23.4 Å². The lowest BCUT2D eigenvalue weighted by atomic mass is 10.0. The molecule has 0 saturated heterocycles. The Balaban J connectivity index is 1.97. The summed E-state index contributed by atoms with van der Waals surface area (Å²) < 4.78 is 37.6. The lowest BCUT2D eigenvalue weighted by Gasteiger charge is -2.20. The lowest BCUT2D eigenvalue weighted by molar-refractivity contribution is -0.118. The Labute approximate surface area is 117 Å². The molecule has 0 spiro atoms. The highest BCUT2D eigenvalue weighted by Gasteiger charge is 2.43. The first-order valence-corrected chi connectivity index (χ1v) is 6.66. The van der Waals surface area contributed by atoms with Crippen molar-refractivity contribution >= 4 is 22.7 Å². The molecule has 3 N–H and O–H groups in total. The Morgan fingerprint density at radius 2 is 2.20 bits per heavy atom. The van der Waals surface area contributed by atoms with Crippen molar-refractivity contribution in [1.29, 1.82) is 0 Å². The number of amides is 1. The average Bonchev–Trinajstić information content (AvgIpc) is 2.71. The molecule has 1 atom stereocenters. The van der Waals surface area contributed by atoms with Crippen LogP contribution in [0.2, 0.25) is 0 Å². The van der Waals surface area contributed by atoms with Crippen molar-refractivity contribution in [1.82, 2.24) is 10.3 Å². The van der Waals surface area contributed by atoms with E-state index >= 15 is 0 Å². The minimum absolute atomic E-state index is 0.406. The molecule has 1 aliphatic carbocycles. The number of nitrogens with zero attached hydrogens (tertiary/aromatic N) is 2. The molecule has 0 radical (unpaired) electrons. The molecule has 0 bridgehead atoms. The fourth-order valence-electron chi connectivity index (χ4n) is 1.70. The van der Waals surface area contributed by atoms with Gasteiger partial charge in [-0.05, 0) is 18.9 Å². The van der Waals surface area contributed by atoms with Crippen molar-refractivity contribution < 1.29 is 18.0 Å². The van der Waals surface area contributed by atoms with Gasteiger partial charge >= 0.3 is 6.18 Å². The molecule has 20 heavy (non-hydrogen) atoms. The first-order chi connectivity index (χ1) is 9.27. The Kier molecular flexibility index (Phi) is 3.98. The summed E-state index contributed by atoms with van der Waals surface area (Å²) in [5, 5.41) is 6.00. The average molecular weight is 306 g/mol. The van der Waals surface area contributed by atoms with Crippen LogP contribution < -0.4 is 11.1 Å². The van der Waals surface area contributed by atoms with Crippen LogP contribution in [0.25, 0.3) is 0 Å². The zero-order valence-corrected chi connectivity index (χ0v) is 11.4. The highest BCUT2D eigenvalue weighted by atomic mass is 32.2. The molecular weight excluding hydrogens is 293 g/mol. The summed E-state index contributed by atoms with van der Waals surface area (Å²) >= 11 is 0.470. The molecule has 1 aliphatic heterocycles. The van der Waals surface area contributed by atoms with E-state index in [1.165, 1.54) is 7.05 Å². The minimum atomic E-state index is -4.50. The summed E-state index contributed by atoms with van der Waals surface area (Å²) in [7, 11) is 1.38. The predicted molar refractivity (Wildman–Crippen MR) is 70.4 cm³/mol. The van der Waals surface area contributed by atoms with Crippen molar-refractivity contribution in [2.45, 2.75) is 24.5 Å². The number of alkyl halides is 3. The molecule has 0 aromatic carbocycles. The molecule has 2 rings (SSSR count). The molecular formula is C11H13F3N4OS. The van der Waals surface area contributed by atoms with Crippen LogP contribution >= 0.6 is 11.8 Å². The third-order valence-electron chi connectivity index (χ3n) is 2.78. The van der Waals surface area contributed by atoms with Gasteiger partial charge in [-0.1, -0.05) is 17.8 Å². The van der Waals surface area contributed by atoms with Gasteiger partial charge in [0.15, 0.2) is 5.50 Å². The Morgan fingerprint density at radius 1 is 1.50 bits per heavy atom. The number of carbonyl (C=O) groups is 1. The van der Waals surface area contributed by atoms with Gasteiger partial charge in [0.1, 0.15) is 0 Å². The fourth-order valence-corrected chi connectivity index (χ4v) is 2.58. The highest BCUT2D eigenvalue weighted by molar-refractivity contribution is 8.14. The number of nitrogens with one attached hydrogen (secondary N) is 1. The number of hydrogen-bond donors (Lipinski definition) is 2. The first-order valence-electron chi connectivity index (χ1n) is 5.79. The standard InChI is InChI=1S/C11H13F3N4OS/c1-18-10(20-9(17-18)11(12,13)14)16-8(19)6-2-4-7(15)5-3-6/h2,4,10H,3,5,15H2,1H3,(H,16,19). The van der Waals surface area contributed by atoms with Gasteiger partial charge in [-0.25, -0.2) is 0 Å². The van der Waals surface area contributed by atoms with Crippen molar-refractivity contribution in [3.63, 3.8) is 0 Å². The monoisotopic (exact) mass is 306 g/mol. The molecule has 0 fully saturated rings. The van der Waals surface area contributed by atoms with Crippen LogP contribution in [-0.4, -0.2) is 34.7 Å². The van der Waals surface area contributed by atoms with Crippen molar-refractivity contribution in [2.24, 2.45) is 10.8 Å². The number of hydrogen-bond acceptors (Lipinski definition) is 5. The van der Waals surface area contributed by atoms with E-state index in [1.807, 2.05) is 0 Å². The SMILES string of the molecule is CN1N=C(C(F)(F)F)SC1NC(=O)C1=CC=C(N)CC1. The van der Waals surface area contributed by atoms with Gasteiger partial charge in [-0.15, -0.1) is 0 Å². The third-order valence-corrected chi connectivity index (χ3v) is 3.96. The fraction of sp³-hybridized carbons (Fsp3) is 0.455. The van der Waals surface area contributed by atoms with E-state index in [4.69, 9.17) is 5.73 Å².